The SMILES string of the molecule is O=[N+]([O-])c1cn2c(n1)OC(COc1ccc(N3CCC(Cc4ccc(OCc5ccc(C(F)(F)F)cc5)cc4)CC3)cc1)CC2. The molecule has 0 bridgehead atoms. The standard InChI is InChI=1S/C33H33F3N4O5/c34-33(35,36)26-5-1-25(2-6-26)21-43-28-9-3-23(4-10-28)19-24-13-16-38(17-14-24)27-7-11-29(12-8-27)44-22-30-15-18-39-20-31(40(41)42)37-32(39)45-30/h1-12,20,24,30H,13-19,21-22H2. The first-order valence-corrected chi connectivity index (χ1v) is 14.9. The quantitative estimate of drug-likeness (QED) is 0.138. The monoisotopic (exact) mass is 622 g/mol. The summed E-state index contributed by atoms with van der Waals surface area (Å²) in [5.74, 6) is 1.79. The average molecular weight is 623 g/mol. The molecule has 1 fully saturated rings. The summed E-state index contributed by atoms with van der Waals surface area (Å²) in [6.07, 6.45) is 0.643. The van der Waals surface area contributed by atoms with Crippen LogP contribution < -0.4 is 19.1 Å². The number of imidazole rings is 1. The van der Waals surface area contributed by atoms with Crippen LogP contribution in [0.5, 0.6) is 17.5 Å². The van der Waals surface area contributed by atoms with Gasteiger partial charge in [-0.1, -0.05) is 24.3 Å². The van der Waals surface area contributed by atoms with E-state index in [4.69, 9.17) is 14.2 Å². The maximum atomic E-state index is 12.8. The Morgan fingerprint density at radius 3 is 2.18 bits per heavy atom. The number of benzene rings is 3. The van der Waals surface area contributed by atoms with Crippen LogP contribution in [0, 0.1) is 16.0 Å². The minimum Gasteiger partial charge on any atom is -0.490 e. The Hall–Kier alpha value is -4.74. The largest absolute Gasteiger partial charge is 0.490 e. The van der Waals surface area contributed by atoms with Gasteiger partial charge in [-0.2, -0.15) is 13.2 Å². The number of halogens is 3. The lowest BCUT2D eigenvalue weighted by molar-refractivity contribution is -0.389. The van der Waals surface area contributed by atoms with Crippen LogP contribution in [0.25, 0.3) is 0 Å². The van der Waals surface area contributed by atoms with Crippen molar-refractivity contribution < 1.29 is 32.3 Å². The van der Waals surface area contributed by atoms with Crippen molar-refractivity contribution in [3.63, 3.8) is 0 Å². The van der Waals surface area contributed by atoms with Crippen molar-refractivity contribution in [2.24, 2.45) is 5.92 Å². The fourth-order valence-corrected chi connectivity index (χ4v) is 5.69. The van der Waals surface area contributed by atoms with Gasteiger partial charge in [0.05, 0.1) is 5.56 Å². The van der Waals surface area contributed by atoms with Gasteiger partial charge < -0.3 is 29.2 Å². The third-order valence-corrected chi connectivity index (χ3v) is 8.27. The molecule has 1 atom stereocenters. The summed E-state index contributed by atoms with van der Waals surface area (Å²) in [6.45, 7) is 3.06. The molecule has 2 aliphatic heterocycles. The molecule has 6 rings (SSSR count). The van der Waals surface area contributed by atoms with E-state index in [1.807, 2.05) is 24.3 Å². The molecule has 0 amide bonds. The molecule has 3 aromatic carbocycles. The number of anilines is 1. The van der Waals surface area contributed by atoms with Gasteiger partial charge >= 0.3 is 18.0 Å². The molecule has 0 aliphatic carbocycles. The van der Waals surface area contributed by atoms with Gasteiger partial charge in [-0.25, -0.2) is 0 Å². The van der Waals surface area contributed by atoms with Crippen LogP contribution in [0.3, 0.4) is 0 Å². The Balaban J connectivity index is 0.914. The average Bonchev–Trinajstić information content (AvgIpc) is 3.48. The highest BCUT2D eigenvalue weighted by Gasteiger charge is 2.30. The molecule has 236 valence electrons. The molecular formula is C33H33F3N4O5. The van der Waals surface area contributed by atoms with Gasteiger partial charge in [-0.05, 0) is 89.8 Å². The molecule has 1 aromatic heterocycles. The maximum Gasteiger partial charge on any atom is 0.416 e. The highest BCUT2D eigenvalue weighted by molar-refractivity contribution is 5.49. The highest BCUT2D eigenvalue weighted by Crippen LogP contribution is 2.30. The Kier molecular flexibility index (Phi) is 8.81. The zero-order valence-corrected chi connectivity index (χ0v) is 24.5. The summed E-state index contributed by atoms with van der Waals surface area (Å²) in [5.41, 5.74) is 2.40. The first kappa shape index (κ1) is 30.3. The minimum absolute atomic E-state index is 0.208. The van der Waals surface area contributed by atoms with Crippen molar-refractivity contribution >= 4 is 11.5 Å². The summed E-state index contributed by atoms with van der Waals surface area (Å²) in [4.78, 5) is 16.7. The van der Waals surface area contributed by atoms with Crippen LogP contribution in [0.2, 0.25) is 0 Å². The topological polar surface area (TPSA) is 91.9 Å². The fourth-order valence-electron chi connectivity index (χ4n) is 5.69. The summed E-state index contributed by atoms with van der Waals surface area (Å²) in [5, 5.41) is 11.0. The number of nitro groups is 1. The Morgan fingerprint density at radius 1 is 0.867 bits per heavy atom. The molecule has 0 N–H and O–H groups in total. The van der Waals surface area contributed by atoms with Crippen LogP contribution in [0.1, 0.15) is 36.0 Å². The van der Waals surface area contributed by atoms with Crippen molar-refractivity contribution in [3.05, 3.63) is 106 Å². The van der Waals surface area contributed by atoms with E-state index in [1.54, 1.807) is 4.57 Å². The molecule has 0 radical (unpaired) electrons. The van der Waals surface area contributed by atoms with Crippen molar-refractivity contribution in [1.82, 2.24) is 9.55 Å². The number of hydrogen-bond donors (Lipinski definition) is 0. The number of alkyl halides is 3. The second kappa shape index (κ2) is 13.1. The van der Waals surface area contributed by atoms with Crippen LogP contribution in [0.4, 0.5) is 24.7 Å². The van der Waals surface area contributed by atoms with Gasteiger partial charge in [0.2, 0.25) is 0 Å². The van der Waals surface area contributed by atoms with Gasteiger partial charge in [0.25, 0.3) is 0 Å². The molecule has 1 saturated heterocycles. The van der Waals surface area contributed by atoms with E-state index in [2.05, 4.69) is 34.1 Å². The molecular weight excluding hydrogens is 589 g/mol. The number of aromatic nitrogens is 2. The van der Waals surface area contributed by atoms with Crippen LogP contribution in [0.15, 0.2) is 79.0 Å². The molecule has 4 aromatic rings. The molecule has 0 saturated carbocycles. The Labute approximate surface area is 258 Å². The van der Waals surface area contributed by atoms with Crippen molar-refractivity contribution in [3.8, 4) is 17.5 Å². The number of piperidine rings is 1. The Bertz CT molecular complexity index is 1580. The maximum absolute atomic E-state index is 12.8. The van der Waals surface area contributed by atoms with Crippen LogP contribution in [-0.2, 0) is 25.7 Å². The molecule has 2 aliphatic rings. The minimum atomic E-state index is -4.34. The zero-order chi connectivity index (χ0) is 31.4. The lowest BCUT2D eigenvalue weighted by Gasteiger charge is -2.34. The third-order valence-electron chi connectivity index (χ3n) is 8.27. The van der Waals surface area contributed by atoms with Gasteiger partial charge in [0, 0.05) is 36.7 Å². The second-order valence-electron chi connectivity index (χ2n) is 11.4. The van der Waals surface area contributed by atoms with Crippen LogP contribution in [-0.4, -0.2) is 40.3 Å². The van der Waals surface area contributed by atoms with E-state index >= 15 is 0 Å². The molecule has 1 unspecified atom stereocenters. The van der Waals surface area contributed by atoms with Crippen molar-refractivity contribution in [2.75, 3.05) is 24.6 Å². The van der Waals surface area contributed by atoms with E-state index in [1.165, 1.54) is 23.9 Å². The van der Waals surface area contributed by atoms with E-state index < -0.39 is 16.7 Å². The number of rotatable bonds is 10. The van der Waals surface area contributed by atoms with E-state index in [-0.39, 0.29) is 24.5 Å². The molecule has 45 heavy (non-hydrogen) atoms. The number of aryl methyl sites for hydroxylation is 1. The lowest BCUT2D eigenvalue weighted by Crippen LogP contribution is -2.34. The van der Waals surface area contributed by atoms with Gasteiger partial charge in [0.15, 0.2) is 0 Å². The van der Waals surface area contributed by atoms with Gasteiger partial charge in [-0.3, -0.25) is 4.57 Å². The lowest BCUT2D eigenvalue weighted by atomic mass is 9.90. The fraction of sp³-hybridized carbons (Fsp3) is 0.364. The smallest absolute Gasteiger partial charge is 0.416 e. The summed E-state index contributed by atoms with van der Waals surface area (Å²) in [7, 11) is 0. The number of ether oxygens (including phenoxy) is 3. The van der Waals surface area contributed by atoms with Crippen LogP contribution >= 0.6 is 0 Å². The second-order valence-corrected chi connectivity index (χ2v) is 11.4. The molecule has 9 nitrogen and oxygen atoms in total. The molecule has 0 spiro atoms. The zero-order valence-electron chi connectivity index (χ0n) is 24.5. The van der Waals surface area contributed by atoms with Crippen molar-refractivity contribution in [2.45, 2.75) is 51.1 Å². The summed E-state index contributed by atoms with van der Waals surface area (Å²) in [6, 6.07) is 21.3. The summed E-state index contributed by atoms with van der Waals surface area (Å²) >= 11 is 0. The first-order chi connectivity index (χ1) is 21.7. The number of hydrogen-bond acceptors (Lipinski definition) is 7. The first-order valence-electron chi connectivity index (χ1n) is 14.9. The van der Waals surface area contributed by atoms with E-state index in [0.717, 1.165) is 55.9 Å². The number of nitrogens with zero attached hydrogens (tertiary/aromatic N) is 4. The predicted molar refractivity (Wildman–Crippen MR) is 161 cm³/mol. The predicted octanol–water partition coefficient (Wildman–Crippen LogP) is 7.08. The van der Waals surface area contributed by atoms with Crippen molar-refractivity contribution in [1.29, 1.82) is 0 Å². The molecule has 12 heteroatoms. The van der Waals surface area contributed by atoms with Gasteiger partial charge in [-0.15, -0.1) is 0 Å². The highest BCUT2D eigenvalue weighted by atomic mass is 19.4. The normalized spacial score (nSPS) is 17.0. The van der Waals surface area contributed by atoms with Gasteiger partial charge in [0.1, 0.15) is 37.0 Å². The third kappa shape index (κ3) is 7.68. The van der Waals surface area contributed by atoms with E-state index in [9.17, 15) is 23.3 Å². The van der Waals surface area contributed by atoms with E-state index in [0.29, 0.717) is 36.8 Å². The molecule has 3 heterocycles. The number of fused-ring (bicyclic) bond motifs is 1. The summed E-state index contributed by atoms with van der Waals surface area (Å²) < 4.78 is 57.4. The Morgan fingerprint density at radius 2 is 1.51 bits per heavy atom.